The van der Waals surface area contributed by atoms with E-state index in [0.717, 1.165) is 52.0 Å². The van der Waals surface area contributed by atoms with Crippen LogP contribution in [0, 0.1) is 0 Å². The molecule has 0 aliphatic heterocycles. The van der Waals surface area contributed by atoms with Gasteiger partial charge in [0.15, 0.2) is 11.6 Å². The standard InChI is InChI=1S/C32H25ClO2/c33-32-24(16-18-30(34)28-14-12-22-6-1-3-8-26(22)20-28)10-5-11-25(32)17-19-31(35)29-15-13-23-7-2-4-9-27(23)21-29/h1-4,6-9,12-18,20-21H,5,10-11,19H2/b18-16+,25-17+. The third kappa shape index (κ3) is 5.18. The zero-order chi connectivity index (χ0) is 24.2. The summed E-state index contributed by atoms with van der Waals surface area (Å²) in [7, 11) is 0. The molecule has 3 heteroatoms. The lowest BCUT2D eigenvalue weighted by Gasteiger charge is -2.17. The molecule has 0 radical (unpaired) electrons. The Balaban J connectivity index is 1.31. The average Bonchev–Trinajstić information content (AvgIpc) is 2.90. The Morgan fingerprint density at radius 2 is 1.34 bits per heavy atom. The Bertz CT molecular complexity index is 1540. The van der Waals surface area contributed by atoms with Gasteiger partial charge in [-0.15, -0.1) is 0 Å². The maximum Gasteiger partial charge on any atom is 0.185 e. The number of carbonyl (C=O) groups excluding carboxylic acids is 2. The molecule has 1 aliphatic rings. The van der Waals surface area contributed by atoms with Crippen molar-refractivity contribution in [3.8, 4) is 0 Å². The van der Waals surface area contributed by atoms with Crippen LogP contribution in [0.2, 0.25) is 0 Å². The van der Waals surface area contributed by atoms with Crippen LogP contribution < -0.4 is 0 Å². The van der Waals surface area contributed by atoms with Crippen LogP contribution in [0.4, 0.5) is 0 Å². The summed E-state index contributed by atoms with van der Waals surface area (Å²) >= 11 is 6.70. The monoisotopic (exact) mass is 476 g/mol. The molecular weight excluding hydrogens is 452 g/mol. The zero-order valence-electron chi connectivity index (χ0n) is 19.3. The van der Waals surface area contributed by atoms with Gasteiger partial charge in [0.1, 0.15) is 0 Å². The van der Waals surface area contributed by atoms with E-state index in [2.05, 4.69) is 0 Å². The molecule has 0 saturated carbocycles. The Morgan fingerprint density at radius 3 is 2.03 bits per heavy atom. The second kappa shape index (κ2) is 10.2. The van der Waals surface area contributed by atoms with Crippen molar-refractivity contribution in [2.45, 2.75) is 25.7 Å². The molecule has 0 atom stereocenters. The molecule has 5 rings (SSSR count). The van der Waals surface area contributed by atoms with E-state index >= 15 is 0 Å². The summed E-state index contributed by atoms with van der Waals surface area (Å²) in [6, 6.07) is 27.6. The number of fused-ring (bicyclic) bond motifs is 2. The molecule has 35 heavy (non-hydrogen) atoms. The first-order valence-electron chi connectivity index (χ1n) is 11.9. The van der Waals surface area contributed by atoms with Crippen LogP contribution in [-0.4, -0.2) is 11.6 Å². The summed E-state index contributed by atoms with van der Waals surface area (Å²) in [5, 5.41) is 4.99. The second-order valence-corrected chi connectivity index (χ2v) is 9.25. The van der Waals surface area contributed by atoms with E-state index in [1.165, 1.54) is 0 Å². The van der Waals surface area contributed by atoms with Crippen LogP contribution in [0.1, 0.15) is 46.4 Å². The topological polar surface area (TPSA) is 34.1 Å². The Morgan fingerprint density at radius 1 is 0.743 bits per heavy atom. The summed E-state index contributed by atoms with van der Waals surface area (Å²) in [4.78, 5) is 25.6. The van der Waals surface area contributed by atoms with E-state index in [4.69, 9.17) is 11.6 Å². The maximum absolute atomic E-state index is 12.8. The molecule has 0 spiro atoms. The molecular formula is C32H25ClO2. The van der Waals surface area contributed by atoms with Crippen LogP contribution in [0.5, 0.6) is 0 Å². The van der Waals surface area contributed by atoms with Crippen molar-refractivity contribution < 1.29 is 9.59 Å². The van der Waals surface area contributed by atoms with Crippen LogP contribution in [0.25, 0.3) is 21.5 Å². The molecule has 1 aliphatic carbocycles. The summed E-state index contributed by atoms with van der Waals surface area (Å²) < 4.78 is 0. The minimum atomic E-state index is -0.0460. The summed E-state index contributed by atoms with van der Waals surface area (Å²) in [5.74, 6) is 0.0252. The highest BCUT2D eigenvalue weighted by Gasteiger charge is 2.15. The van der Waals surface area contributed by atoms with Crippen molar-refractivity contribution in [2.24, 2.45) is 0 Å². The number of carbonyl (C=O) groups is 2. The molecule has 0 amide bonds. The number of ketones is 2. The van der Waals surface area contributed by atoms with Crippen molar-refractivity contribution in [2.75, 3.05) is 0 Å². The molecule has 0 N–H and O–H groups in total. The van der Waals surface area contributed by atoms with Gasteiger partial charge >= 0.3 is 0 Å². The second-order valence-electron chi connectivity index (χ2n) is 8.87. The zero-order valence-corrected chi connectivity index (χ0v) is 20.1. The minimum Gasteiger partial charge on any atom is -0.294 e. The first-order valence-corrected chi connectivity index (χ1v) is 12.3. The van der Waals surface area contributed by atoms with Gasteiger partial charge in [-0.05, 0) is 70.2 Å². The fraction of sp³-hybridized carbons (Fsp3) is 0.125. The van der Waals surface area contributed by atoms with Crippen molar-refractivity contribution in [3.05, 3.63) is 130 Å². The maximum atomic E-state index is 12.8. The van der Waals surface area contributed by atoms with Crippen LogP contribution in [-0.2, 0) is 0 Å². The third-order valence-corrected chi connectivity index (χ3v) is 7.02. The molecule has 0 aromatic heterocycles. The minimum absolute atomic E-state index is 0.0460. The summed E-state index contributed by atoms with van der Waals surface area (Å²) in [6.45, 7) is 0. The highest BCUT2D eigenvalue weighted by atomic mass is 35.5. The first kappa shape index (κ1) is 23.0. The van der Waals surface area contributed by atoms with Crippen molar-refractivity contribution in [3.63, 3.8) is 0 Å². The van der Waals surface area contributed by atoms with Gasteiger partial charge in [0.25, 0.3) is 0 Å². The lowest BCUT2D eigenvalue weighted by Crippen LogP contribution is -2.02. The SMILES string of the molecule is O=C(/C=C/C1=C(Cl)C(=C/CC(=O)c2ccc3ccccc3c2)/CCC1)c1ccc2ccccc2c1. The fourth-order valence-electron chi connectivity index (χ4n) is 4.55. The lowest BCUT2D eigenvalue weighted by atomic mass is 9.92. The van der Waals surface area contributed by atoms with Gasteiger partial charge in [0.05, 0.1) is 0 Å². The predicted molar refractivity (Wildman–Crippen MR) is 145 cm³/mol. The molecule has 0 heterocycles. The van der Waals surface area contributed by atoms with Crippen LogP contribution >= 0.6 is 11.6 Å². The molecule has 4 aromatic carbocycles. The van der Waals surface area contributed by atoms with Crippen molar-refractivity contribution in [1.29, 1.82) is 0 Å². The molecule has 0 saturated heterocycles. The van der Waals surface area contributed by atoms with Gasteiger partial charge in [-0.3, -0.25) is 9.59 Å². The van der Waals surface area contributed by atoms with E-state index in [9.17, 15) is 9.59 Å². The number of hydrogen-bond donors (Lipinski definition) is 0. The van der Waals surface area contributed by atoms with Gasteiger partial charge in [-0.1, -0.05) is 96.5 Å². The summed E-state index contributed by atoms with van der Waals surface area (Å²) in [6.07, 6.45) is 8.27. The largest absolute Gasteiger partial charge is 0.294 e. The van der Waals surface area contributed by atoms with Gasteiger partial charge in [0.2, 0.25) is 0 Å². The molecule has 2 nitrogen and oxygen atoms in total. The Labute approximate surface area is 210 Å². The van der Waals surface area contributed by atoms with E-state index in [1.807, 2.05) is 97.1 Å². The van der Waals surface area contributed by atoms with Gasteiger partial charge in [0, 0.05) is 22.6 Å². The fourth-order valence-corrected chi connectivity index (χ4v) is 4.88. The quantitative estimate of drug-likeness (QED) is 0.206. The highest BCUT2D eigenvalue weighted by molar-refractivity contribution is 6.32. The molecule has 4 aromatic rings. The van der Waals surface area contributed by atoms with Gasteiger partial charge in [-0.2, -0.15) is 0 Å². The number of hydrogen-bond acceptors (Lipinski definition) is 2. The number of allylic oxidation sites excluding steroid dienone is 6. The smallest absolute Gasteiger partial charge is 0.185 e. The highest BCUT2D eigenvalue weighted by Crippen LogP contribution is 2.33. The molecule has 0 unspecified atom stereocenters. The summed E-state index contributed by atoms with van der Waals surface area (Å²) in [5.41, 5.74) is 3.28. The predicted octanol–water partition coefficient (Wildman–Crippen LogP) is 8.61. The van der Waals surface area contributed by atoms with E-state index in [-0.39, 0.29) is 11.6 Å². The van der Waals surface area contributed by atoms with E-state index in [0.29, 0.717) is 22.6 Å². The van der Waals surface area contributed by atoms with E-state index < -0.39 is 0 Å². The number of benzene rings is 4. The lowest BCUT2D eigenvalue weighted by molar-refractivity contribution is 0.0994. The first-order chi connectivity index (χ1) is 17.1. The van der Waals surface area contributed by atoms with Crippen LogP contribution in [0.3, 0.4) is 0 Å². The molecule has 172 valence electrons. The Kier molecular flexibility index (Phi) is 6.74. The van der Waals surface area contributed by atoms with E-state index in [1.54, 1.807) is 6.08 Å². The van der Waals surface area contributed by atoms with Crippen molar-refractivity contribution in [1.82, 2.24) is 0 Å². The van der Waals surface area contributed by atoms with Gasteiger partial charge in [-0.25, -0.2) is 0 Å². The Hall–Kier alpha value is -3.75. The van der Waals surface area contributed by atoms with Crippen LogP contribution in [0.15, 0.2) is 119 Å². The van der Waals surface area contributed by atoms with Crippen molar-refractivity contribution >= 4 is 44.7 Å². The molecule has 0 bridgehead atoms. The van der Waals surface area contributed by atoms with Gasteiger partial charge < -0.3 is 0 Å². The number of rotatable bonds is 6. The molecule has 0 fully saturated rings. The number of halogens is 1. The number of Topliss-reactive ketones (excluding diaryl/α,β-unsaturated/α-hetero) is 1. The third-order valence-electron chi connectivity index (χ3n) is 6.53. The average molecular weight is 477 g/mol. The normalized spacial score (nSPS) is 15.4.